The lowest BCUT2D eigenvalue weighted by atomic mass is 9.93. The van der Waals surface area contributed by atoms with E-state index in [1.54, 1.807) is 4.90 Å². The largest absolute Gasteiger partial charge is 0.361 e. The summed E-state index contributed by atoms with van der Waals surface area (Å²) < 4.78 is 0. The standard InChI is InChI=1S/C16H16N2O/c1-11-5-3-6-12(9-11)14-10-18(2)16(19)13-7-4-8-17-15(13)14/h3-9,17H,10H2,1-2H3. The number of aryl methyl sites for hydroxylation is 1. The highest BCUT2D eigenvalue weighted by molar-refractivity contribution is 6.04. The molecule has 0 saturated carbocycles. The molecule has 2 aliphatic rings. The Labute approximate surface area is 112 Å². The molecule has 1 aromatic carbocycles. The lowest BCUT2D eigenvalue weighted by Gasteiger charge is -2.31. The van der Waals surface area contributed by atoms with E-state index in [2.05, 4.69) is 36.5 Å². The number of amides is 1. The minimum absolute atomic E-state index is 0.0725. The number of benzene rings is 1. The second kappa shape index (κ2) is 4.43. The van der Waals surface area contributed by atoms with Gasteiger partial charge in [-0.1, -0.05) is 29.8 Å². The number of hydrogen-bond donors (Lipinski definition) is 1. The lowest BCUT2D eigenvalue weighted by Crippen LogP contribution is -2.38. The molecule has 0 saturated heterocycles. The maximum Gasteiger partial charge on any atom is 0.256 e. The summed E-state index contributed by atoms with van der Waals surface area (Å²) in [5.41, 5.74) is 5.25. The van der Waals surface area contributed by atoms with E-state index in [9.17, 15) is 4.79 Å². The molecule has 2 heterocycles. The van der Waals surface area contributed by atoms with Crippen LogP contribution in [0.15, 0.2) is 53.9 Å². The number of hydrogen-bond acceptors (Lipinski definition) is 2. The molecule has 0 bridgehead atoms. The molecule has 0 unspecified atom stereocenters. The second-order valence-electron chi connectivity index (χ2n) is 4.97. The van der Waals surface area contributed by atoms with Crippen LogP contribution in [0.25, 0.3) is 5.57 Å². The van der Waals surface area contributed by atoms with Crippen molar-refractivity contribution in [3.63, 3.8) is 0 Å². The van der Waals surface area contributed by atoms with Gasteiger partial charge in [-0.15, -0.1) is 0 Å². The van der Waals surface area contributed by atoms with Crippen LogP contribution in [0.2, 0.25) is 0 Å². The second-order valence-corrected chi connectivity index (χ2v) is 4.97. The SMILES string of the molecule is Cc1cccc(C2=C3NC=CC=C3C(=O)N(C)C2)c1. The van der Waals surface area contributed by atoms with Crippen molar-refractivity contribution in [2.75, 3.05) is 13.6 Å². The van der Waals surface area contributed by atoms with E-state index >= 15 is 0 Å². The van der Waals surface area contributed by atoms with Gasteiger partial charge < -0.3 is 10.2 Å². The average Bonchev–Trinajstić information content (AvgIpc) is 2.43. The van der Waals surface area contributed by atoms with Crippen LogP contribution in [-0.4, -0.2) is 24.4 Å². The molecule has 1 N–H and O–H groups in total. The molecule has 19 heavy (non-hydrogen) atoms. The van der Waals surface area contributed by atoms with E-state index in [0.717, 1.165) is 11.3 Å². The number of nitrogens with one attached hydrogen (secondary N) is 1. The number of allylic oxidation sites excluding steroid dienone is 2. The molecule has 0 aromatic heterocycles. The van der Waals surface area contributed by atoms with Crippen LogP contribution in [0, 0.1) is 6.92 Å². The summed E-state index contributed by atoms with van der Waals surface area (Å²) in [5, 5.41) is 3.22. The predicted octanol–water partition coefficient (Wildman–Crippen LogP) is 2.22. The smallest absolute Gasteiger partial charge is 0.256 e. The van der Waals surface area contributed by atoms with Gasteiger partial charge in [0, 0.05) is 25.4 Å². The van der Waals surface area contributed by atoms with E-state index in [1.807, 2.05) is 25.4 Å². The van der Waals surface area contributed by atoms with E-state index in [4.69, 9.17) is 0 Å². The first-order chi connectivity index (χ1) is 9.16. The number of carbonyl (C=O) groups excluding carboxylic acids is 1. The van der Waals surface area contributed by atoms with Crippen LogP contribution in [-0.2, 0) is 4.79 Å². The number of likely N-dealkylation sites (N-methyl/N-ethyl adjacent to an activating group) is 1. The van der Waals surface area contributed by atoms with Crippen LogP contribution in [0.1, 0.15) is 11.1 Å². The summed E-state index contributed by atoms with van der Waals surface area (Å²) >= 11 is 0. The van der Waals surface area contributed by atoms with Gasteiger partial charge in [-0.3, -0.25) is 4.79 Å². The van der Waals surface area contributed by atoms with Crippen LogP contribution >= 0.6 is 0 Å². The molecular formula is C16H16N2O. The Morgan fingerprint density at radius 1 is 1.32 bits per heavy atom. The summed E-state index contributed by atoms with van der Waals surface area (Å²) in [6, 6.07) is 8.38. The van der Waals surface area contributed by atoms with E-state index in [0.29, 0.717) is 6.54 Å². The Hall–Kier alpha value is -2.29. The first kappa shape index (κ1) is 11.8. The molecule has 1 amide bonds. The molecule has 3 nitrogen and oxygen atoms in total. The van der Waals surface area contributed by atoms with Crippen molar-refractivity contribution in [1.82, 2.24) is 10.2 Å². The molecule has 0 fully saturated rings. The van der Waals surface area contributed by atoms with Crippen molar-refractivity contribution in [1.29, 1.82) is 0 Å². The van der Waals surface area contributed by atoms with Gasteiger partial charge >= 0.3 is 0 Å². The predicted molar refractivity (Wildman–Crippen MR) is 76.1 cm³/mol. The number of nitrogens with zero attached hydrogens (tertiary/aromatic N) is 1. The van der Waals surface area contributed by atoms with Crippen molar-refractivity contribution in [2.45, 2.75) is 6.92 Å². The van der Waals surface area contributed by atoms with Gasteiger partial charge in [0.25, 0.3) is 5.91 Å². The normalized spacial score (nSPS) is 18.1. The molecule has 0 radical (unpaired) electrons. The molecule has 3 heteroatoms. The van der Waals surface area contributed by atoms with Gasteiger partial charge in [-0.05, 0) is 24.6 Å². The molecule has 0 spiro atoms. The molecular weight excluding hydrogens is 236 g/mol. The quantitative estimate of drug-likeness (QED) is 0.831. The van der Waals surface area contributed by atoms with Gasteiger partial charge in [-0.25, -0.2) is 0 Å². The summed E-state index contributed by atoms with van der Waals surface area (Å²) in [4.78, 5) is 13.9. The topological polar surface area (TPSA) is 32.3 Å². The third-order valence-electron chi connectivity index (χ3n) is 3.50. The summed E-state index contributed by atoms with van der Waals surface area (Å²) in [5.74, 6) is 0.0725. The van der Waals surface area contributed by atoms with E-state index < -0.39 is 0 Å². The van der Waals surface area contributed by atoms with E-state index in [-0.39, 0.29) is 5.91 Å². The van der Waals surface area contributed by atoms with Crippen LogP contribution in [0.4, 0.5) is 0 Å². The van der Waals surface area contributed by atoms with Crippen LogP contribution in [0.3, 0.4) is 0 Å². The molecule has 0 aliphatic carbocycles. The van der Waals surface area contributed by atoms with Gasteiger partial charge in [-0.2, -0.15) is 0 Å². The minimum Gasteiger partial charge on any atom is -0.361 e. The van der Waals surface area contributed by atoms with E-state index in [1.165, 1.54) is 16.7 Å². The monoisotopic (exact) mass is 252 g/mol. The summed E-state index contributed by atoms with van der Waals surface area (Å²) in [6.45, 7) is 2.72. The van der Waals surface area contributed by atoms with Crippen molar-refractivity contribution >= 4 is 11.5 Å². The van der Waals surface area contributed by atoms with Crippen molar-refractivity contribution in [3.8, 4) is 0 Å². The Balaban J connectivity index is 2.16. The number of dihydropyridines is 1. The lowest BCUT2D eigenvalue weighted by molar-refractivity contribution is -0.125. The third kappa shape index (κ3) is 1.97. The first-order valence-corrected chi connectivity index (χ1v) is 6.36. The number of fused-ring (bicyclic) bond motifs is 1. The summed E-state index contributed by atoms with van der Waals surface area (Å²) in [7, 11) is 1.84. The highest BCUT2D eigenvalue weighted by atomic mass is 16.2. The Kier molecular flexibility index (Phi) is 2.75. The Morgan fingerprint density at radius 2 is 2.16 bits per heavy atom. The van der Waals surface area contributed by atoms with Crippen molar-refractivity contribution < 1.29 is 4.79 Å². The fourth-order valence-corrected chi connectivity index (χ4v) is 2.53. The fraction of sp³-hybridized carbons (Fsp3) is 0.188. The molecule has 1 aromatic rings. The fourth-order valence-electron chi connectivity index (χ4n) is 2.53. The number of rotatable bonds is 1. The molecule has 96 valence electrons. The summed E-state index contributed by atoms with van der Waals surface area (Å²) in [6.07, 6.45) is 5.61. The average molecular weight is 252 g/mol. The van der Waals surface area contributed by atoms with Gasteiger partial charge in [0.1, 0.15) is 0 Å². The molecule has 0 atom stereocenters. The zero-order valence-electron chi connectivity index (χ0n) is 11.1. The molecule has 2 aliphatic heterocycles. The Morgan fingerprint density at radius 3 is 2.95 bits per heavy atom. The zero-order chi connectivity index (χ0) is 13.4. The minimum atomic E-state index is 0.0725. The maximum atomic E-state index is 12.2. The van der Waals surface area contributed by atoms with Gasteiger partial charge in [0.15, 0.2) is 0 Å². The molecule has 3 rings (SSSR count). The van der Waals surface area contributed by atoms with Gasteiger partial charge in [0.2, 0.25) is 0 Å². The van der Waals surface area contributed by atoms with Crippen molar-refractivity contribution in [3.05, 3.63) is 65.0 Å². The highest BCUT2D eigenvalue weighted by Crippen LogP contribution is 2.30. The maximum absolute atomic E-state index is 12.2. The first-order valence-electron chi connectivity index (χ1n) is 6.36. The third-order valence-corrected chi connectivity index (χ3v) is 3.50. The van der Waals surface area contributed by atoms with Gasteiger partial charge in [0.05, 0.1) is 11.3 Å². The van der Waals surface area contributed by atoms with Crippen LogP contribution in [0.5, 0.6) is 0 Å². The van der Waals surface area contributed by atoms with Crippen LogP contribution < -0.4 is 5.32 Å². The number of carbonyl (C=O) groups is 1. The highest BCUT2D eigenvalue weighted by Gasteiger charge is 2.28. The Bertz CT molecular complexity index is 638. The van der Waals surface area contributed by atoms with Crippen molar-refractivity contribution in [2.24, 2.45) is 0 Å². The zero-order valence-corrected chi connectivity index (χ0v) is 11.1.